The SMILES string of the molecule is CC1CCN(c2cc(C(F)(F)F)ccn2)C(C(=O)O)C1. The Labute approximate surface area is 114 Å². The second kappa shape index (κ2) is 5.30. The number of carboxylic acids is 1. The van der Waals surface area contributed by atoms with Crippen LogP contribution in [0, 0.1) is 5.92 Å². The Morgan fingerprint density at radius 3 is 2.80 bits per heavy atom. The van der Waals surface area contributed by atoms with Gasteiger partial charge >= 0.3 is 12.1 Å². The van der Waals surface area contributed by atoms with Gasteiger partial charge in [-0.05, 0) is 30.9 Å². The number of nitrogens with zero attached hydrogens (tertiary/aromatic N) is 2. The summed E-state index contributed by atoms with van der Waals surface area (Å²) in [6, 6.07) is 0.965. The van der Waals surface area contributed by atoms with Crippen LogP contribution >= 0.6 is 0 Å². The van der Waals surface area contributed by atoms with Crippen molar-refractivity contribution in [1.29, 1.82) is 0 Å². The van der Waals surface area contributed by atoms with Crippen molar-refractivity contribution >= 4 is 11.8 Å². The van der Waals surface area contributed by atoms with Gasteiger partial charge in [0.1, 0.15) is 11.9 Å². The topological polar surface area (TPSA) is 53.4 Å². The number of aliphatic carboxylic acids is 1. The Bertz CT molecular complexity index is 505. The zero-order valence-electron chi connectivity index (χ0n) is 10.9. The van der Waals surface area contributed by atoms with E-state index in [9.17, 15) is 23.1 Å². The van der Waals surface area contributed by atoms with E-state index in [0.29, 0.717) is 13.0 Å². The molecule has 4 nitrogen and oxygen atoms in total. The average molecular weight is 288 g/mol. The first-order valence-corrected chi connectivity index (χ1v) is 6.31. The zero-order chi connectivity index (χ0) is 14.9. The van der Waals surface area contributed by atoms with E-state index in [1.54, 1.807) is 0 Å². The third-order valence-electron chi connectivity index (χ3n) is 3.52. The quantitative estimate of drug-likeness (QED) is 0.909. The van der Waals surface area contributed by atoms with Crippen LogP contribution in [0.15, 0.2) is 18.3 Å². The van der Waals surface area contributed by atoms with Gasteiger partial charge in [0.2, 0.25) is 0 Å². The number of hydrogen-bond donors (Lipinski definition) is 1. The number of piperidine rings is 1. The largest absolute Gasteiger partial charge is 0.480 e. The van der Waals surface area contributed by atoms with Crippen LogP contribution in [0.2, 0.25) is 0 Å². The molecule has 1 aliphatic heterocycles. The van der Waals surface area contributed by atoms with Gasteiger partial charge in [0.15, 0.2) is 0 Å². The van der Waals surface area contributed by atoms with Crippen LogP contribution in [-0.4, -0.2) is 28.6 Å². The van der Waals surface area contributed by atoms with Crippen molar-refractivity contribution in [3.8, 4) is 0 Å². The Morgan fingerprint density at radius 1 is 1.50 bits per heavy atom. The van der Waals surface area contributed by atoms with E-state index < -0.39 is 23.8 Å². The van der Waals surface area contributed by atoms with Gasteiger partial charge in [-0.3, -0.25) is 0 Å². The van der Waals surface area contributed by atoms with Crippen molar-refractivity contribution in [2.24, 2.45) is 5.92 Å². The molecule has 1 saturated heterocycles. The van der Waals surface area contributed by atoms with Gasteiger partial charge in [0.25, 0.3) is 0 Å². The second-order valence-corrected chi connectivity index (χ2v) is 5.08. The molecule has 1 aromatic rings. The summed E-state index contributed by atoms with van der Waals surface area (Å²) in [6.07, 6.45) is -2.25. The smallest absolute Gasteiger partial charge is 0.416 e. The number of hydrogen-bond acceptors (Lipinski definition) is 3. The third kappa shape index (κ3) is 3.02. The van der Waals surface area contributed by atoms with Crippen molar-refractivity contribution in [3.63, 3.8) is 0 Å². The molecule has 1 aliphatic rings. The van der Waals surface area contributed by atoms with Gasteiger partial charge in [-0.1, -0.05) is 6.92 Å². The molecule has 0 spiro atoms. The minimum atomic E-state index is -4.46. The highest BCUT2D eigenvalue weighted by Crippen LogP contribution is 2.33. The second-order valence-electron chi connectivity index (χ2n) is 5.08. The molecular formula is C13H15F3N2O2. The number of rotatable bonds is 2. The fourth-order valence-electron chi connectivity index (χ4n) is 2.40. The molecule has 1 aromatic heterocycles. The number of aromatic nitrogens is 1. The molecule has 7 heteroatoms. The maximum absolute atomic E-state index is 12.7. The first-order valence-electron chi connectivity index (χ1n) is 6.31. The van der Waals surface area contributed by atoms with Gasteiger partial charge in [0.05, 0.1) is 5.56 Å². The van der Waals surface area contributed by atoms with Crippen molar-refractivity contribution in [1.82, 2.24) is 4.98 Å². The standard InChI is InChI=1S/C13H15F3N2O2/c1-8-3-5-18(10(6-8)12(19)20)11-7-9(2-4-17-11)13(14,15)16/h2,4,7-8,10H,3,5-6H2,1H3,(H,19,20). The molecule has 0 radical (unpaired) electrons. The molecule has 0 amide bonds. The fraction of sp³-hybridized carbons (Fsp3) is 0.538. The van der Waals surface area contributed by atoms with Gasteiger partial charge in [0, 0.05) is 12.7 Å². The summed E-state index contributed by atoms with van der Waals surface area (Å²) >= 11 is 0. The van der Waals surface area contributed by atoms with Crippen molar-refractivity contribution in [2.75, 3.05) is 11.4 Å². The van der Waals surface area contributed by atoms with Crippen LogP contribution in [0.3, 0.4) is 0 Å². The highest BCUT2D eigenvalue weighted by Gasteiger charge is 2.35. The van der Waals surface area contributed by atoms with E-state index in [2.05, 4.69) is 4.98 Å². The number of carbonyl (C=O) groups is 1. The summed E-state index contributed by atoms with van der Waals surface area (Å²) in [5.41, 5.74) is -0.815. The summed E-state index contributed by atoms with van der Waals surface area (Å²) in [6.45, 7) is 2.33. The average Bonchev–Trinajstić information content (AvgIpc) is 2.37. The van der Waals surface area contributed by atoms with Crippen LogP contribution < -0.4 is 4.90 Å². The summed E-state index contributed by atoms with van der Waals surface area (Å²) in [7, 11) is 0. The van der Waals surface area contributed by atoms with E-state index in [0.717, 1.165) is 24.8 Å². The van der Waals surface area contributed by atoms with Crippen LogP contribution in [0.25, 0.3) is 0 Å². The molecule has 2 atom stereocenters. The first-order chi connectivity index (χ1) is 9.29. The molecular weight excluding hydrogens is 273 g/mol. The Hall–Kier alpha value is -1.79. The molecule has 20 heavy (non-hydrogen) atoms. The maximum atomic E-state index is 12.7. The fourth-order valence-corrected chi connectivity index (χ4v) is 2.40. The van der Waals surface area contributed by atoms with Gasteiger partial charge in [-0.2, -0.15) is 13.2 Å². The monoisotopic (exact) mass is 288 g/mol. The maximum Gasteiger partial charge on any atom is 0.416 e. The molecule has 1 N–H and O–H groups in total. The van der Waals surface area contributed by atoms with Crippen molar-refractivity contribution < 1.29 is 23.1 Å². The Morgan fingerprint density at radius 2 is 2.20 bits per heavy atom. The summed E-state index contributed by atoms with van der Waals surface area (Å²) in [4.78, 5) is 16.6. The first kappa shape index (κ1) is 14.6. The number of halogens is 3. The lowest BCUT2D eigenvalue weighted by Gasteiger charge is -2.37. The summed E-state index contributed by atoms with van der Waals surface area (Å²) in [5, 5.41) is 9.23. The highest BCUT2D eigenvalue weighted by atomic mass is 19.4. The Balaban J connectivity index is 2.32. The molecule has 0 aromatic carbocycles. The summed E-state index contributed by atoms with van der Waals surface area (Å²) < 4.78 is 38.1. The zero-order valence-corrected chi connectivity index (χ0v) is 10.9. The molecule has 2 heterocycles. The van der Waals surface area contributed by atoms with Gasteiger partial charge < -0.3 is 10.0 Å². The summed E-state index contributed by atoms with van der Waals surface area (Å²) in [5.74, 6) is -0.729. The molecule has 1 fully saturated rings. The van der Waals surface area contributed by atoms with Crippen molar-refractivity contribution in [3.05, 3.63) is 23.9 Å². The van der Waals surface area contributed by atoms with Crippen LogP contribution in [0.1, 0.15) is 25.3 Å². The van der Waals surface area contributed by atoms with Gasteiger partial charge in [-0.25, -0.2) is 9.78 Å². The van der Waals surface area contributed by atoms with Crippen LogP contribution in [0.4, 0.5) is 19.0 Å². The number of carboxylic acid groups (broad SMARTS) is 1. The normalized spacial score (nSPS) is 23.7. The van der Waals surface area contributed by atoms with E-state index in [1.165, 1.54) is 4.90 Å². The minimum Gasteiger partial charge on any atom is -0.480 e. The molecule has 2 rings (SSSR count). The number of pyridine rings is 1. The van der Waals surface area contributed by atoms with Crippen LogP contribution in [0.5, 0.6) is 0 Å². The highest BCUT2D eigenvalue weighted by molar-refractivity contribution is 5.78. The van der Waals surface area contributed by atoms with Gasteiger partial charge in [-0.15, -0.1) is 0 Å². The predicted octanol–water partition coefficient (Wildman–Crippen LogP) is 2.79. The lowest BCUT2D eigenvalue weighted by molar-refractivity contribution is -0.139. The van der Waals surface area contributed by atoms with Crippen LogP contribution in [-0.2, 0) is 11.0 Å². The minimum absolute atomic E-state index is 0.0686. The van der Waals surface area contributed by atoms with E-state index >= 15 is 0 Å². The number of anilines is 1. The van der Waals surface area contributed by atoms with E-state index in [-0.39, 0.29) is 11.7 Å². The number of alkyl halides is 3. The molecule has 0 aliphatic carbocycles. The molecule has 110 valence electrons. The third-order valence-corrected chi connectivity index (χ3v) is 3.52. The lowest BCUT2D eigenvalue weighted by Crippen LogP contribution is -2.47. The molecule has 2 unspecified atom stereocenters. The van der Waals surface area contributed by atoms with E-state index in [1.807, 2.05) is 6.92 Å². The molecule has 0 bridgehead atoms. The Kier molecular flexibility index (Phi) is 3.87. The van der Waals surface area contributed by atoms with Crippen molar-refractivity contribution in [2.45, 2.75) is 32.0 Å². The van der Waals surface area contributed by atoms with E-state index in [4.69, 9.17) is 0 Å². The predicted molar refractivity (Wildman–Crippen MR) is 66.4 cm³/mol. The molecule has 0 saturated carbocycles. The lowest BCUT2D eigenvalue weighted by atomic mass is 9.92.